The highest BCUT2D eigenvalue weighted by Gasteiger charge is 2.31. The highest BCUT2D eigenvalue weighted by atomic mass is 16.2. The Morgan fingerprint density at radius 3 is 2.65 bits per heavy atom. The van der Waals surface area contributed by atoms with Gasteiger partial charge in [0.15, 0.2) is 0 Å². The number of amides is 1. The zero-order chi connectivity index (χ0) is 12.5. The maximum atomic E-state index is 12.2. The average molecular weight is 236 g/mol. The Hall–Kier alpha value is -1.36. The molecule has 2 rings (SSSR count). The summed E-state index contributed by atoms with van der Waals surface area (Å²) in [6.07, 6.45) is 5.35. The summed E-state index contributed by atoms with van der Waals surface area (Å²) in [6, 6.07) is 0. The second-order valence-electron chi connectivity index (χ2n) is 5.21. The van der Waals surface area contributed by atoms with Crippen molar-refractivity contribution in [2.75, 3.05) is 19.6 Å². The molecule has 0 saturated carbocycles. The number of carbonyl (C=O) groups is 1. The highest BCUT2D eigenvalue weighted by molar-refractivity contribution is 5.93. The molecule has 1 fully saturated rings. The highest BCUT2D eigenvalue weighted by Crippen LogP contribution is 2.29. The third-order valence-corrected chi connectivity index (χ3v) is 3.70. The second-order valence-corrected chi connectivity index (χ2v) is 5.21. The van der Waals surface area contributed by atoms with Gasteiger partial charge in [-0.25, -0.2) is 0 Å². The zero-order valence-electron chi connectivity index (χ0n) is 10.5. The molecule has 1 aromatic rings. The van der Waals surface area contributed by atoms with Crippen LogP contribution in [0.1, 0.15) is 30.1 Å². The molecule has 1 aromatic heterocycles. The van der Waals surface area contributed by atoms with E-state index in [9.17, 15) is 4.79 Å². The molecule has 2 heterocycles. The van der Waals surface area contributed by atoms with Crippen molar-refractivity contribution in [3.05, 3.63) is 18.0 Å². The Balaban J connectivity index is 1.99. The molecule has 0 aromatic carbocycles. The largest absolute Gasteiger partial charge is 0.339 e. The number of rotatable bonds is 2. The van der Waals surface area contributed by atoms with Crippen LogP contribution in [0, 0.1) is 5.41 Å². The minimum atomic E-state index is 0.0807. The molecule has 94 valence electrons. The lowest BCUT2D eigenvalue weighted by Crippen LogP contribution is -2.44. The molecule has 17 heavy (non-hydrogen) atoms. The molecule has 1 aliphatic heterocycles. The summed E-state index contributed by atoms with van der Waals surface area (Å²) in [4.78, 5) is 14.1. The maximum absolute atomic E-state index is 12.2. The summed E-state index contributed by atoms with van der Waals surface area (Å²) in [5, 5.41) is 4.03. The Labute approximate surface area is 102 Å². The van der Waals surface area contributed by atoms with E-state index in [1.54, 1.807) is 17.1 Å². The summed E-state index contributed by atoms with van der Waals surface area (Å²) in [5.41, 5.74) is 6.63. The summed E-state index contributed by atoms with van der Waals surface area (Å²) in [5.74, 6) is 0.0807. The lowest BCUT2D eigenvalue weighted by Gasteiger charge is -2.38. The van der Waals surface area contributed by atoms with E-state index in [0.29, 0.717) is 12.1 Å². The fourth-order valence-corrected chi connectivity index (χ4v) is 2.17. The molecule has 0 unspecified atom stereocenters. The van der Waals surface area contributed by atoms with Crippen LogP contribution < -0.4 is 5.73 Å². The predicted molar refractivity (Wildman–Crippen MR) is 65.5 cm³/mol. The van der Waals surface area contributed by atoms with E-state index >= 15 is 0 Å². The first-order chi connectivity index (χ1) is 8.04. The quantitative estimate of drug-likeness (QED) is 0.818. The molecule has 5 heteroatoms. The molecule has 0 spiro atoms. The lowest BCUT2D eigenvalue weighted by molar-refractivity contribution is 0.0617. The van der Waals surface area contributed by atoms with Crippen molar-refractivity contribution in [3.8, 4) is 0 Å². The van der Waals surface area contributed by atoms with Crippen molar-refractivity contribution >= 4 is 5.91 Å². The molecule has 0 atom stereocenters. The topological polar surface area (TPSA) is 64.2 Å². The van der Waals surface area contributed by atoms with Gasteiger partial charge in [-0.3, -0.25) is 9.48 Å². The van der Waals surface area contributed by atoms with Crippen LogP contribution >= 0.6 is 0 Å². The number of likely N-dealkylation sites (tertiary alicyclic amines) is 1. The minimum Gasteiger partial charge on any atom is -0.339 e. The van der Waals surface area contributed by atoms with Crippen LogP contribution in [0.15, 0.2) is 12.4 Å². The van der Waals surface area contributed by atoms with Gasteiger partial charge in [0.05, 0.1) is 11.8 Å². The summed E-state index contributed by atoms with van der Waals surface area (Å²) in [6.45, 7) is 4.48. The normalized spacial score (nSPS) is 19.4. The van der Waals surface area contributed by atoms with Gasteiger partial charge in [-0.2, -0.15) is 5.10 Å². The second kappa shape index (κ2) is 4.49. The van der Waals surface area contributed by atoms with Crippen LogP contribution in [0.4, 0.5) is 0 Å². The summed E-state index contributed by atoms with van der Waals surface area (Å²) in [7, 11) is 1.82. The molecular formula is C12H20N4O. The molecule has 1 saturated heterocycles. The van der Waals surface area contributed by atoms with Crippen LogP contribution in [0.2, 0.25) is 0 Å². The molecule has 2 N–H and O–H groups in total. The van der Waals surface area contributed by atoms with Gasteiger partial charge in [0.2, 0.25) is 0 Å². The molecular weight excluding hydrogens is 216 g/mol. The molecule has 1 amide bonds. The van der Waals surface area contributed by atoms with Gasteiger partial charge in [0, 0.05) is 26.3 Å². The molecule has 0 radical (unpaired) electrons. The van der Waals surface area contributed by atoms with Gasteiger partial charge in [-0.05, 0) is 24.8 Å². The standard InChI is InChI=1S/C12H20N4O/c1-12(9-13)3-5-16(6-4-12)11(17)10-7-14-15(2)8-10/h7-8H,3-6,9,13H2,1-2H3. The minimum absolute atomic E-state index is 0.0807. The van der Waals surface area contributed by atoms with E-state index in [1.165, 1.54) is 0 Å². The van der Waals surface area contributed by atoms with E-state index in [4.69, 9.17) is 5.73 Å². The number of carbonyl (C=O) groups excluding carboxylic acids is 1. The Morgan fingerprint density at radius 1 is 1.53 bits per heavy atom. The average Bonchev–Trinajstić information content (AvgIpc) is 2.76. The number of aromatic nitrogens is 2. The third-order valence-electron chi connectivity index (χ3n) is 3.70. The van der Waals surface area contributed by atoms with E-state index in [0.717, 1.165) is 25.9 Å². The fraction of sp³-hybridized carbons (Fsp3) is 0.667. The Morgan fingerprint density at radius 2 is 2.18 bits per heavy atom. The van der Waals surface area contributed by atoms with Crippen LogP contribution in [-0.4, -0.2) is 40.2 Å². The Bertz CT molecular complexity index is 404. The van der Waals surface area contributed by atoms with Crippen LogP contribution in [-0.2, 0) is 7.05 Å². The first kappa shape index (κ1) is 12.1. The molecule has 0 bridgehead atoms. The number of nitrogens with zero attached hydrogens (tertiary/aromatic N) is 3. The van der Waals surface area contributed by atoms with Crippen molar-refractivity contribution in [1.29, 1.82) is 0 Å². The smallest absolute Gasteiger partial charge is 0.257 e. The van der Waals surface area contributed by atoms with Gasteiger partial charge in [-0.1, -0.05) is 6.92 Å². The molecule has 5 nitrogen and oxygen atoms in total. The van der Waals surface area contributed by atoms with E-state index < -0.39 is 0 Å². The van der Waals surface area contributed by atoms with Gasteiger partial charge in [0.25, 0.3) is 5.91 Å². The van der Waals surface area contributed by atoms with Crippen LogP contribution in [0.3, 0.4) is 0 Å². The number of hydrogen-bond donors (Lipinski definition) is 1. The van der Waals surface area contributed by atoms with E-state index in [1.807, 2.05) is 11.9 Å². The fourth-order valence-electron chi connectivity index (χ4n) is 2.17. The van der Waals surface area contributed by atoms with E-state index in [-0.39, 0.29) is 11.3 Å². The monoisotopic (exact) mass is 236 g/mol. The van der Waals surface area contributed by atoms with Crippen molar-refractivity contribution in [2.24, 2.45) is 18.2 Å². The maximum Gasteiger partial charge on any atom is 0.257 e. The van der Waals surface area contributed by atoms with Crippen molar-refractivity contribution in [1.82, 2.24) is 14.7 Å². The van der Waals surface area contributed by atoms with Gasteiger partial charge in [0.1, 0.15) is 0 Å². The summed E-state index contributed by atoms with van der Waals surface area (Å²) >= 11 is 0. The SMILES string of the molecule is Cn1cc(C(=O)N2CCC(C)(CN)CC2)cn1. The number of aryl methyl sites for hydroxylation is 1. The Kier molecular flexibility index (Phi) is 3.19. The first-order valence-electron chi connectivity index (χ1n) is 6.02. The van der Waals surface area contributed by atoms with Crippen molar-refractivity contribution in [2.45, 2.75) is 19.8 Å². The van der Waals surface area contributed by atoms with Crippen molar-refractivity contribution in [3.63, 3.8) is 0 Å². The van der Waals surface area contributed by atoms with Gasteiger partial charge >= 0.3 is 0 Å². The van der Waals surface area contributed by atoms with Gasteiger partial charge in [-0.15, -0.1) is 0 Å². The molecule has 0 aliphatic carbocycles. The zero-order valence-corrected chi connectivity index (χ0v) is 10.5. The van der Waals surface area contributed by atoms with Gasteiger partial charge < -0.3 is 10.6 Å². The third kappa shape index (κ3) is 2.49. The predicted octanol–water partition coefficient (Wildman–Crippen LogP) is 0.621. The van der Waals surface area contributed by atoms with Crippen LogP contribution in [0.5, 0.6) is 0 Å². The number of nitrogens with two attached hydrogens (primary N) is 1. The van der Waals surface area contributed by atoms with Crippen LogP contribution in [0.25, 0.3) is 0 Å². The number of piperidine rings is 1. The summed E-state index contributed by atoms with van der Waals surface area (Å²) < 4.78 is 1.65. The first-order valence-corrected chi connectivity index (χ1v) is 6.02. The van der Waals surface area contributed by atoms with Crippen molar-refractivity contribution < 1.29 is 4.79 Å². The molecule has 1 aliphatic rings. The number of hydrogen-bond acceptors (Lipinski definition) is 3. The lowest BCUT2D eigenvalue weighted by atomic mass is 9.80. The van der Waals surface area contributed by atoms with E-state index in [2.05, 4.69) is 12.0 Å².